The van der Waals surface area contributed by atoms with E-state index in [9.17, 15) is 57.8 Å². The zero-order valence-corrected chi connectivity index (χ0v) is 16.2. The maximum Gasteiger partial charge on any atom is 0.420 e. The van der Waals surface area contributed by atoms with Gasteiger partial charge in [-0.1, -0.05) is 13.0 Å². The van der Waals surface area contributed by atoms with E-state index in [4.69, 9.17) is 5.73 Å². The van der Waals surface area contributed by atoms with Crippen LogP contribution in [0.5, 0.6) is 5.75 Å². The van der Waals surface area contributed by atoms with Gasteiger partial charge in [-0.2, -0.15) is 52.7 Å². The van der Waals surface area contributed by atoms with Crippen molar-refractivity contribution in [3.05, 3.63) is 58.1 Å². The summed E-state index contributed by atoms with van der Waals surface area (Å²) in [7, 11) is 0. The van der Waals surface area contributed by atoms with Crippen molar-refractivity contribution in [1.82, 2.24) is 0 Å². The van der Waals surface area contributed by atoms with Gasteiger partial charge in [-0.15, -0.1) is 0 Å². The summed E-state index contributed by atoms with van der Waals surface area (Å²) in [6.07, 6.45) is -24.4. The van der Waals surface area contributed by atoms with Crippen LogP contribution in [0.2, 0.25) is 0 Å². The fourth-order valence-corrected chi connectivity index (χ4v) is 3.35. The normalized spacial score (nSPS) is 14.0. The highest BCUT2D eigenvalue weighted by Crippen LogP contribution is 2.58. The molecule has 0 bridgehead atoms. The second-order valence-electron chi connectivity index (χ2n) is 6.97. The van der Waals surface area contributed by atoms with Crippen LogP contribution < -0.4 is 5.73 Å². The first-order chi connectivity index (χ1) is 14.7. The lowest BCUT2D eigenvalue weighted by molar-refractivity contribution is -0.288. The molecule has 2 aromatic carbocycles. The molecule has 0 amide bonds. The van der Waals surface area contributed by atoms with E-state index in [2.05, 4.69) is 0 Å². The minimum atomic E-state index is -6.48. The van der Waals surface area contributed by atoms with E-state index in [-0.39, 0.29) is 12.1 Å². The summed E-state index contributed by atoms with van der Waals surface area (Å²) in [6, 6.07) is -0.730. The highest BCUT2D eigenvalue weighted by atomic mass is 19.4. The quantitative estimate of drug-likeness (QED) is 0.272. The number of phenolic OH excluding ortho intramolecular Hbond substituents is 1. The molecule has 184 valence electrons. The molecule has 0 atom stereocenters. The Balaban J connectivity index is 3.17. The zero-order chi connectivity index (χ0) is 25.8. The maximum absolute atomic E-state index is 14.2. The first-order valence-corrected chi connectivity index (χ1v) is 8.73. The van der Waals surface area contributed by atoms with E-state index in [0.717, 1.165) is 6.92 Å². The van der Waals surface area contributed by atoms with Crippen LogP contribution in [0.15, 0.2) is 30.3 Å². The second kappa shape index (κ2) is 7.90. The molecule has 0 aliphatic rings. The summed E-state index contributed by atoms with van der Waals surface area (Å²) < 4.78 is 164. The van der Waals surface area contributed by atoms with E-state index in [1.54, 1.807) is 0 Å². The van der Waals surface area contributed by atoms with Crippen molar-refractivity contribution in [1.29, 1.82) is 0 Å². The monoisotopic (exact) mass is 499 g/mol. The average Bonchev–Trinajstić information content (AvgIpc) is 2.60. The first-order valence-electron chi connectivity index (χ1n) is 8.73. The third-order valence-corrected chi connectivity index (χ3v) is 4.89. The average molecular weight is 499 g/mol. The van der Waals surface area contributed by atoms with Crippen molar-refractivity contribution >= 4 is 5.69 Å². The number of hydrogen-bond donors (Lipinski definition) is 2. The van der Waals surface area contributed by atoms with Crippen LogP contribution in [0, 0.1) is 0 Å². The van der Waals surface area contributed by atoms with Gasteiger partial charge in [0.2, 0.25) is 5.41 Å². The Hall–Kier alpha value is -2.80. The van der Waals surface area contributed by atoms with Crippen LogP contribution >= 0.6 is 0 Å². The van der Waals surface area contributed by atoms with Crippen molar-refractivity contribution in [2.75, 3.05) is 5.73 Å². The molecule has 2 nitrogen and oxygen atoms in total. The highest BCUT2D eigenvalue weighted by molar-refractivity contribution is 5.62. The summed E-state index contributed by atoms with van der Waals surface area (Å²) in [4.78, 5) is 0. The van der Waals surface area contributed by atoms with Crippen LogP contribution in [0.1, 0.15) is 34.7 Å². The first kappa shape index (κ1) is 26.5. The predicted molar refractivity (Wildman–Crippen MR) is 91.2 cm³/mol. The molecule has 0 aromatic heterocycles. The molecule has 0 radical (unpaired) electrons. The lowest BCUT2D eigenvalue weighted by atomic mass is 9.71. The van der Waals surface area contributed by atoms with Gasteiger partial charge in [0.1, 0.15) is 0 Å². The minimum Gasteiger partial charge on any atom is -0.505 e. The Labute approximate surface area is 177 Å². The van der Waals surface area contributed by atoms with Gasteiger partial charge < -0.3 is 10.8 Å². The maximum atomic E-state index is 14.2. The smallest absolute Gasteiger partial charge is 0.420 e. The third kappa shape index (κ3) is 4.51. The van der Waals surface area contributed by atoms with Gasteiger partial charge in [-0.3, -0.25) is 0 Å². The molecule has 2 rings (SSSR count). The summed E-state index contributed by atoms with van der Waals surface area (Å²) >= 11 is 0. The predicted octanol–water partition coefficient (Wildman–Crippen LogP) is 6.99. The Morgan fingerprint density at radius 1 is 0.667 bits per heavy atom. The Kier molecular flexibility index (Phi) is 6.34. The number of nitrogens with two attached hydrogens (primary N) is 1. The molecule has 33 heavy (non-hydrogen) atoms. The number of rotatable bonds is 3. The third-order valence-electron chi connectivity index (χ3n) is 4.89. The van der Waals surface area contributed by atoms with Gasteiger partial charge in [-0.25, -0.2) is 0 Å². The topological polar surface area (TPSA) is 46.2 Å². The summed E-state index contributed by atoms with van der Waals surface area (Å²) in [5.41, 5.74) is -10.7. The van der Waals surface area contributed by atoms with Crippen LogP contribution in [0.4, 0.5) is 58.4 Å². The molecule has 0 saturated heterocycles. The van der Waals surface area contributed by atoms with Crippen LogP contribution in [0.3, 0.4) is 0 Å². The van der Waals surface area contributed by atoms with Crippen molar-refractivity contribution in [3.63, 3.8) is 0 Å². The lowest BCUT2D eigenvalue weighted by Crippen LogP contribution is -2.55. The molecule has 0 fully saturated rings. The minimum absolute atomic E-state index is 0.187. The SMILES string of the molecule is CCc1cc(C(F)(F)F)cc(C(c2cc(N)c(O)c(C(F)(F)F)c2)(C(F)(F)F)C(F)(F)F)c1. The van der Waals surface area contributed by atoms with Crippen LogP contribution in [-0.2, 0) is 24.2 Å². The molecule has 0 heterocycles. The van der Waals surface area contributed by atoms with Gasteiger partial charge in [0.15, 0.2) is 5.75 Å². The van der Waals surface area contributed by atoms with E-state index >= 15 is 0 Å². The molecular weight excluding hydrogens is 486 g/mol. The number of phenols is 1. The highest BCUT2D eigenvalue weighted by Gasteiger charge is 2.73. The van der Waals surface area contributed by atoms with Crippen molar-refractivity contribution in [3.8, 4) is 5.75 Å². The van der Waals surface area contributed by atoms with Crippen molar-refractivity contribution in [2.45, 2.75) is 43.5 Å². The Morgan fingerprint density at radius 2 is 1.12 bits per heavy atom. The van der Waals surface area contributed by atoms with Gasteiger partial charge in [0.05, 0.1) is 16.8 Å². The second-order valence-corrected chi connectivity index (χ2v) is 6.97. The molecule has 0 saturated carbocycles. The van der Waals surface area contributed by atoms with E-state index < -0.39 is 87.9 Å². The number of alkyl halides is 12. The number of nitrogen functional groups attached to an aromatic ring is 1. The number of anilines is 1. The van der Waals surface area contributed by atoms with Crippen molar-refractivity contribution < 1.29 is 57.8 Å². The molecule has 0 unspecified atom stereocenters. The fraction of sp³-hybridized carbons (Fsp3) is 0.368. The molecule has 0 aliphatic carbocycles. The van der Waals surface area contributed by atoms with Gasteiger partial charge >= 0.3 is 24.7 Å². The van der Waals surface area contributed by atoms with Crippen molar-refractivity contribution in [2.24, 2.45) is 0 Å². The van der Waals surface area contributed by atoms with E-state index in [1.807, 2.05) is 0 Å². The molecule has 2 aromatic rings. The molecule has 0 aliphatic heterocycles. The largest absolute Gasteiger partial charge is 0.505 e. The van der Waals surface area contributed by atoms with Gasteiger partial charge in [0.25, 0.3) is 0 Å². The summed E-state index contributed by atoms with van der Waals surface area (Å²) in [5, 5.41) is 9.48. The zero-order valence-electron chi connectivity index (χ0n) is 16.2. The Bertz CT molecular complexity index is 1020. The summed E-state index contributed by atoms with van der Waals surface area (Å²) in [6.45, 7) is 1.16. The van der Waals surface area contributed by atoms with Gasteiger partial charge in [-0.05, 0) is 47.4 Å². The molecular formula is C19H13F12NO. The standard InChI is InChI=1S/C19H13F12NO/c1-2-8-3-9(5-11(4-8)16(20,21)22)15(18(26,27)28,19(29,30)31)10-6-12(17(23,24)25)14(33)13(32)7-10/h3-7,33H,2,32H2,1H3. The van der Waals surface area contributed by atoms with E-state index in [1.165, 1.54) is 0 Å². The fourth-order valence-electron chi connectivity index (χ4n) is 3.35. The number of aryl methyl sites for hydroxylation is 1. The number of benzene rings is 2. The molecule has 14 heteroatoms. The van der Waals surface area contributed by atoms with E-state index in [0.29, 0.717) is 6.07 Å². The van der Waals surface area contributed by atoms with Gasteiger partial charge in [0, 0.05) is 0 Å². The number of aromatic hydroxyl groups is 1. The lowest BCUT2D eigenvalue weighted by Gasteiger charge is -2.39. The number of hydrogen-bond acceptors (Lipinski definition) is 2. The number of halogens is 12. The van der Waals surface area contributed by atoms with Crippen LogP contribution in [0.25, 0.3) is 0 Å². The molecule has 0 spiro atoms. The molecule has 3 N–H and O–H groups in total. The summed E-state index contributed by atoms with van der Waals surface area (Å²) in [5.74, 6) is -1.83. The van der Waals surface area contributed by atoms with Crippen LogP contribution in [-0.4, -0.2) is 17.5 Å². The Morgan fingerprint density at radius 3 is 1.52 bits per heavy atom.